The van der Waals surface area contributed by atoms with Crippen molar-refractivity contribution in [1.29, 1.82) is 0 Å². The molecule has 1 aromatic rings. The molecule has 1 atom stereocenters. The predicted octanol–water partition coefficient (Wildman–Crippen LogP) is 1.52. The molecule has 0 fully saturated rings. The molecule has 0 radical (unpaired) electrons. The van der Waals surface area contributed by atoms with Crippen molar-refractivity contribution in [1.82, 2.24) is 4.90 Å². The summed E-state index contributed by atoms with van der Waals surface area (Å²) in [6.45, 7) is 1.37. The van der Waals surface area contributed by atoms with Gasteiger partial charge in [0.15, 0.2) is 0 Å². The molecule has 0 aliphatic rings. The van der Waals surface area contributed by atoms with Gasteiger partial charge in [-0.25, -0.2) is 0 Å². The Kier molecular flexibility index (Phi) is 6.89. The van der Waals surface area contributed by atoms with Gasteiger partial charge in [0.05, 0.1) is 11.5 Å². The summed E-state index contributed by atoms with van der Waals surface area (Å²) in [6, 6.07) is 9.00. The fourth-order valence-corrected chi connectivity index (χ4v) is 2.99. The van der Waals surface area contributed by atoms with Crippen LogP contribution in [0.4, 0.5) is 7.77 Å². The highest BCUT2D eigenvalue weighted by Gasteiger charge is 2.20. The van der Waals surface area contributed by atoms with Crippen LogP contribution in [-0.2, 0) is 26.9 Å². The van der Waals surface area contributed by atoms with Crippen LogP contribution >= 0.6 is 0 Å². The van der Waals surface area contributed by atoms with Crippen molar-refractivity contribution in [3.8, 4) is 0 Å². The summed E-state index contributed by atoms with van der Waals surface area (Å²) >= 11 is 0. The minimum Gasteiger partial charge on any atom is -0.298 e. The number of hydrogen-bond acceptors (Lipinski definition) is 5. The van der Waals surface area contributed by atoms with Crippen LogP contribution in [0.25, 0.3) is 0 Å². The van der Waals surface area contributed by atoms with Crippen LogP contribution in [0.15, 0.2) is 30.3 Å². The summed E-state index contributed by atoms with van der Waals surface area (Å²) in [5, 5.41) is 0. The quantitative estimate of drug-likeness (QED) is 0.628. The lowest BCUT2D eigenvalue weighted by atomic mass is 10.1. The molecule has 0 amide bonds. The molecule has 1 aromatic carbocycles. The summed E-state index contributed by atoms with van der Waals surface area (Å²) in [6.07, 6.45) is 0.513. The fraction of sp³-hybridized carbons (Fsp3) is 0.538. The standard InChI is InChI=1S/C13H19F2NO4S2/c1-12(11-13-5-3-2-4-6-13)16(7-9-21(14,17)18)8-10-22(15,19)20/h2-6,12H,7-11H2,1H3. The Bertz CT molecular complexity index is 627. The number of hydrogen-bond donors (Lipinski definition) is 0. The monoisotopic (exact) mass is 355 g/mol. The maximum absolute atomic E-state index is 12.7. The van der Waals surface area contributed by atoms with E-state index in [1.54, 1.807) is 6.92 Å². The zero-order valence-corrected chi connectivity index (χ0v) is 13.8. The third-order valence-electron chi connectivity index (χ3n) is 3.24. The van der Waals surface area contributed by atoms with E-state index in [0.29, 0.717) is 6.42 Å². The molecule has 0 N–H and O–H groups in total. The first-order chi connectivity index (χ1) is 10.1. The van der Waals surface area contributed by atoms with Gasteiger partial charge in [-0.3, -0.25) is 4.90 Å². The smallest absolute Gasteiger partial charge is 0.298 e. The average molecular weight is 355 g/mol. The lowest BCUT2D eigenvalue weighted by Crippen LogP contribution is -2.40. The van der Waals surface area contributed by atoms with E-state index < -0.39 is 32.0 Å². The molecule has 22 heavy (non-hydrogen) atoms. The number of nitrogens with zero attached hydrogens (tertiary/aromatic N) is 1. The fourth-order valence-electron chi connectivity index (χ4n) is 2.09. The van der Waals surface area contributed by atoms with Crippen molar-refractivity contribution >= 4 is 20.4 Å². The normalized spacial score (nSPS) is 14.2. The molecule has 1 rings (SSSR count). The summed E-state index contributed by atoms with van der Waals surface area (Å²) in [4.78, 5) is 1.46. The molecular formula is C13H19F2NO4S2. The van der Waals surface area contributed by atoms with Crippen molar-refractivity contribution in [3.63, 3.8) is 0 Å². The first-order valence-electron chi connectivity index (χ1n) is 6.69. The molecule has 0 bridgehead atoms. The van der Waals surface area contributed by atoms with E-state index in [0.717, 1.165) is 5.56 Å². The minimum absolute atomic E-state index is 0.192. The maximum atomic E-state index is 12.7. The van der Waals surface area contributed by atoms with Crippen LogP contribution in [0.1, 0.15) is 12.5 Å². The SMILES string of the molecule is CC(Cc1ccccc1)N(CCS(=O)(=O)F)CCS(=O)(=O)F. The Hall–Kier alpha value is -1.06. The Morgan fingerprint density at radius 2 is 1.41 bits per heavy atom. The molecule has 9 heteroatoms. The van der Waals surface area contributed by atoms with E-state index in [-0.39, 0.29) is 19.1 Å². The summed E-state index contributed by atoms with van der Waals surface area (Å²) in [7, 11) is -9.33. The summed E-state index contributed by atoms with van der Waals surface area (Å²) < 4.78 is 67.9. The van der Waals surface area contributed by atoms with Gasteiger partial charge in [-0.15, -0.1) is 7.77 Å². The first-order valence-corrected chi connectivity index (χ1v) is 9.80. The Labute approximate surface area is 130 Å². The van der Waals surface area contributed by atoms with Crippen molar-refractivity contribution in [3.05, 3.63) is 35.9 Å². The topological polar surface area (TPSA) is 71.5 Å². The van der Waals surface area contributed by atoms with Gasteiger partial charge in [-0.1, -0.05) is 30.3 Å². The second kappa shape index (κ2) is 7.98. The van der Waals surface area contributed by atoms with Gasteiger partial charge < -0.3 is 0 Å². The van der Waals surface area contributed by atoms with E-state index in [1.165, 1.54) is 4.90 Å². The second-order valence-electron chi connectivity index (χ2n) is 5.06. The molecule has 1 unspecified atom stereocenters. The summed E-state index contributed by atoms with van der Waals surface area (Å²) in [5.41, 5.74) is 0.964. The van der Waals surface area contributed by atoms with Crippen LogP contribution in [-0.4, -0.2) is 52.4 Å². The molecule has 0 spiro atoms. The zero-order chi connectivity index (χ0) is 16.8. The molecule has 126 valence electrons. The predicted molar refractivity (Wildman–Crippen MR) is 81.0 cm³/mol. The van der Waals surface area contributed by atoms with E-state index in [1.807, 2.05) is 30.3 Å². The molecule has 0 aliphatic carbocycles. The Balaban J connectivity index is 2.74. The van der Waals surface area contributed by atoms with Crippen LogP contribution < -0.4 is 0 Å². The van der Waals surface area contributed by atoms with Crippen LogP contribution in [0, 0.1) is 0 Å². The lowest BCUT2D eigenvalue weighted by Gasteiger charge is -2.28. The summed E-state index contributed by atoms with van der Waals surface area (Å²) in [5.74, 6) is -1.50. The van der Waals surface area contributed by atoms with E-state index in [2.05, 4.69) is 0 Å². The highest BCUT2D eigenvalue weighted by Crippen LogP contribution is 2.10. The van der Waals surface area contributed by atoms with Gasteiger partial charge in [-0.05, 0) is 18.9 Å². The van der Waals surface area contributed by atoms with E-state index in [9.17, 15) is 24.6 Å². The lowest BCUT2D eigenvalue weighted by molar-refractivity contribution is 0.231. The highest BCUT2D eigenvalue weighted by molar-refractivity contribution is 7.86. The number of benzene rings is 1. The van der Waals surface area contributed by atoms with E-state index in [4.69, 9.17) is 0 Å². The van der Waals surface area contributed by atoms with Gasteiger partial charge in [0, 0.05) is 19.1 Å². The molecular weight excluding hydrogens is 336 g/mol. The molecule has 0 aliphatic heterocycles. The van der Waals surface area contributed by atoms with Gasteiger partial charge in [-0.2, -0.15) is 16.8 Å². The van der Waals surface area contributed by atoms with Gasteiger partial charge >= 0.3 is 20.4 Å². The van der Waals surface area contributed by atoms with Crippen molar-refractivity contribution in [2.24, 2.45) is 0 Å². The van der Waals surface area contributed by atoms with Crippen molar-refractivity contribution in [2.75, 3.05) is 24.6 Å². The molecule has 0 saturated carbocycles. The second-order valence-corrected chi connectivity index (χ2v) is 8.03. The minimum atomic E-state index is -4.66. The molecule has 0 aromatic heterocycles. The third-order valence-corrected chi connectivity index (χ3v) is 4.58. The first kappa shape index (κ1) is 19.0. The molecule has 0 saturated heterocycles. The maximum Gasteiger partial charge on any atom is 0.303 e. The number of halogens is 2. The van der Waals surface area contributed by atoms with Gasteiger partial charge in [0.2, 0.25) is 0 Å². The number of rotatable bonds is 9. The van der Waals surface area contributed by atoms with Crippen LogP contribution in [0.5, 0.6) is 0 Å². The van der Waals surface area contributed by atoms with Crippen LogP contribution in [0.3, 0.4) is 0 Å². The Morgan fingerprint density at radius 3 is 1.82 bits per heavy atom. The van der Waals surface area contributed by atoms with Gasteiger partial charge in [0.1, 0.15) is 0 Å². The molecule has 5 nitrogen and oxygen atoms in total. The van der Waals surface area contributed by atoms with Crippen molar-refractivity contribution in [2.45, 2.75) is 19.4 Å². The largest absolute Gasteiger partial charge is 0.303 e. The molecule has 0 heterocycles. The Morgan fingerprint density at radius 1 is 0.955 bits per heavy atom. The highest BCUT2D eigenvalue weighted by atomic mass is 32.3. The third kappa shape index (κ3) is 8.40. The average Bonchev–Trinajstić information content (AvgIpc) is 2.37. The van der Waals surface area contributed by atoms with E-state index >= 15 is 0 Å². The van der Waals surface area contributed by atoms with Crippen LogP contribution in [0.2, 0.25) is 0 Å². The van der Waals surface area contributed by atoms with Crippen molar-refractivity contribution < 1.29 is 24.6 Å². The zero-order valence-electron chi connectivity index (χ0n) is 12.2. The van der Waals surface area contributed by atoms with Gasteiger partial charge in [0.25, 0.3) is 0 Å².